The van der Waals surface area contributed by atoms with Crippen LogP contribution in [0.4, 0.5) is 0 Å². The van der Waals surface area contributed by atoms with Crippen LogP contribution < -0.4 is 5.32 Å². The van der Waals surface area contributed by atoms with Crippen molar-refractivity contribution in [2.45, 2.75) is 25.0 Å². The molecule has 0 radical (unpaired) electrons. The normalized spacial score (nSPS) is 15.3. The summed E-state index contributed by atoms with van der Waals surface area (Å²) in [7, 11) is -1.29. The van der Waals surface area contributed by atoms with E-state index in [0.29, 0.717) is 31.7 Å². The molecule has 0 bridgehead atoms. The van der Waals surface area contributed by atoms with E-state index in [4.69, 9.17) is 4.42 Å². The SMILES string of the molecule is O=C(CS(=O)Cc1ccc2oc3ccccc3c2c1)NCCCN1CCCC1=O. The second kappa shape index (κ2) is 8.78. The molecule has 0 spiro atoms. The molecule has 0 saturated carbocycles. The van der Waals surface area contributed by atoms with Gasteiger partial charge in [0.1, 0.15) is 16.9 Å². The molecule has 1 aliphatic heterocycles. The van der Waals surface area contributed by atoms with Gasteiger partial charge in [0, 0.05) is 53.4 Å². The van der Waals surface area contributed by atoms with Crippen molar-refractivity contribution in [2.75, 3.05) is 25.4 Å². The van der Waals surface area contributed by atoms with Gasteiger partial charge < -0.3 is 14.6 Å². The molecule has 29 heavy (non-hydrogen) atoms. The van der Waals surface area contributed by atoms with E-state index in [1.165, 1.54) is 0 Å². The number of nitrogens with one attached hydrogen (secondary N) is 1. The lowest BCUT2D eigenvalue weighted by Crippen LogP contribution is -2.32. The van der Waals surface area contributed by atoms with Crippen molar-refractivity contribution in [1.29, 1.82) is 0 Å². The number of hydrogen-bond donors (Lipinski definition) is 1. The van der Waals surface area contributed by atoms with E-state index in [1.807, 2.05) is 47.4 Å². The first-order valence-electron chi connectivity index (χ1n) is 9.90. The average Bonchev–Trinajstić information content (AvgIpc) is 3.28. The zero-order valence-corrected chi connectivity index (χ0v) is 17.0. The summed E-state index contributed by atoms with van der Waals surface area (Å²) in [5.74, 6) is 0.281. The molecule has 1 unspecified atom stereocenters. The first-order valence-corrected chi connectivity index (χ1v) is 11.4. The Balaban J connectivity index is 1.27. The minimum absolute atomic E-state index is 0.0210. The lowest BCUT2D eigenvalue weighted by atomic mass is 10.1. The number of amides is 2. The third kappa shape index (κ3) is 4.67. The zero-order chi connectivity index (χ0) is 20.2. The van der Waals surface area contributed by atoms with Crippen LogP contribution in [0.1, 0.15) is 24.8 Å². The first kappa shape index (κ1) is 19.6. The Bertz CT molecular complexity index is 1080. The maximum atomic E-state index is 12.4. The van der Waals surface area contributed by atoms with E-state index in [0.717, 1.165) is 40.5 Å². The summed E-state index contributed by atoms with van der Waals surface area (Å²) in [6.45, 7) is 1.97. The topological polar surface area (TPSA) is 79.6 Å². The molecule has 152 valence electrons. The van der Waals surface area contributed by atoms with Gasteiger partial charge in [0.25, 0.3) is 0 Å². The van der Waals surface area contributed by atoms with Crippen molar-refractivity contribution in [1.82, 2.24) is 10.2 Å². The van der Waals surface area contributed by atoms with Gasteiger partial charge in [-0.1, -0.05) is 24.3 Å². The Hall–Kier alpha value is -2.67. The second-order valence-electron chi connectivity index (χ2n) is 7.35. The van der Waals surface area contributed by atoms with Gasteiger partial charge in [-0.05, 0) is 36.6 Å². The van der Waals surface area contributed by atoms with Crippen LogP contribution in [0.5, 0.6) is 0 Å². The minimum Gasteiger partial charge on any atom is -0.456 e. The molecule has 1 fully saturated rings. The number of fused-ring (bicyclic) bond motifs is 3. The van der Waals surface area contributed by atoms with E-state index in [1.54, 1.807) is 0 Å². The van der Waals surface area contributed by atoms with Crippen molar-refractivity contribution in [3.63, 3.8) is 0 Å². The first-order chi connectivity index (χ1) is 14.1. The molecule has 3 aromatic rings. The van der Waals surface area contributed by atoms with Crippen LogP contribution in [0.25, 0.3) is 21.9 Å². The molecule has 1 aromatic heterocycles. The summed E-state index contributed by atoms with van der Waals surface area (Å²) in [6, 6.07) is 13.6. The molecular formula is C22H24N2O4S. The van der Waals surface area contributed by atoms with Gasteiger partial charge >= 0.3 is 0 Å². The Morgan fingerprint density at radius 1 is 1.14 bits per heavy atom. The van der Waals surface area contributed by atoms with Crippen molar-refractivity contribution in [3.8, 4) is 0 Å². The molecule has 2 aromatic carbocycles. The molecule has 2 amide bonds. The summed E-state index contributed by atoms with van der Waals surface area (Å²) in [6.07, 6.45) is 2.27. The summed E-state index contributed by atoms with van der Waals surface area (Å²) >= 11 is 0. The fourth-order valence-electron chi connectivity index (χ4n) is 3.74. The minimum atomic E-state index is -1.29. The molecule has 4 rings (SSSR count). The summed E-state index contributed by atoms with van der Waals surface area (Å²) in [4.78, 5) is 25.4. The van der Waals surface area contributed by atoms with E-state index in [2.05, 4.69) is 5.32 Å². The van der Waals surface area contributed by atoms with Crippen LogP contribution >= 0.6 is 0 Å². The molecule has 2 heterocycles. The highest BCUT2D eigenvalue weighted by atomic mass is 32.2. The van der Waals surface area contributed by atoms with Gasteiger partial charge in [0.15, 0.2) is 0 Å². The van der Waals surface area contributed by atoms with E-state index < -0.39 is 10.8 Å². The highest BCUT2D eigenvalue weighted by molar-refractivity contribution is 7.84. The molecular weight excluding hydrogens is 388 g/mol. The predicted molar refractivity (Wildman–Crippen MR) is 114 cm³/mol. The van der Waals surface area contributed by atoms with Crippen LogP contribution in [0.15, 0.2) is 46.9 Å². The third-order valence-electron chi connectivity index (χ3n) is 5.16. The van der Waals surface area contributed by atoms with Crippen LogP contribution in [-0.2, 0) is 26.1 Å². The van der Waals surface area contributed by atoms with Crippen LogP contribution in [0.3, 0.4) is 0 Å². The Morgan fingerprint density at radius 2 is 1.97 bits per heavy atom. The predicted octanol–water partition coefficient (Wildman–Crippen LogP) is 2.96. The number of benzene rings is 2. The summed E-state index contributed by atoms with van der Waals surface area (Å²) in [5, 5.41) is 4.83. The molecule has 6 nitrogen and oxygen atoms in total. The number of carbonyl (C=O) groups excluding carboxylic acids is 2. The number of furan rings is 1. The van der Waals surface area contributed by atoms with Crippen molar-refractivity contribution in [3.05, 3.63) is 48.0 Å². The molecule has 1 N–H and O–H groups in total. The Morgan fingerprint density at radius 3 is 2.79 bits per heavy atom. The van der Waals surface area contributed by atoms with Gasteiger partial charge in [-0.2, -0.15) is 0 Å². The maximum Gasteiger partial charge on any atom is 0.232 e. The van der Waals surface area contributed by atoms with Crippen molar-refractivity contribution < 1.29 is 18.2 Å². The Kier molecular flexibility index (Phi) is 5.94. The zero-order valence-electron chi connectivity index (χ0n) is 16.2. The van der Waals surface area contributed by atoms with Crippen LogP contribution in [-0.4, -0.2) is 46.3 Å². The molecule has 1 saturated heterocycles. The summed E-state index contributed by atoms with van der Waals surface area (Å²) < 4.78 is 18.2. The van der Waals surface area contributed by atoms with Gasteiger partial charge in [-0.15, -0.1) is 0 Å². The number of rotatable bonds is 8. The fraction of sp³-hybridized carbons (Fsp3) is 0.364. The average molecular weight is 413 g/mol. The van der Waals surface area contributed by atoms with Gasteiger partial charge in [0.05, 0.1) is 0 Å². The molecule has 7 heteroatoms. The Labute approximate surface area is 171 Å². The van der Waals surface area contributed by atoms with Crippen LogP contribution in [0.2, 0.25) is 0 Å². The number of nitrogens with zero attached hydrogens (tertiary/aromatic N) is 1. The quantitative estimate of drug-likeness (QED) is 0.577. The summed E-state index contributed by atoms with van der Waals surface area (Å²) in [5.41, 5.74) is 2.55. The smallest absolute Gasteiger partial charge is 0.232 e. The fourth-order valence-corrected chi connectivity index (χ4v) is 4.78. The highest BCUT2D eigenvalue weighted by Crippen LogP contribution is 2.29. The van der Waals surface area contributed by atoms with E-state index in [-0.39, 0.29) is 17.6 Å². The lowest BCUT2D eigenvalue weighted by molar-refractivity contribution is -0.127. The number of hydrogen-bond acceptors (Lipinski definition) is 4. The van der Waals surface area contributed by atoms with Crippen molar-refractivity contribution in [2.24, 2.45) is 0 Å². The van der Waals surface area contributed by atoms with E-state index >= 15 is 0 Å². The maximum absolute atomic E-state index is 12.4. The van der Waals surface area contributed by atoms with Gasteiger partial charge in [-0.25, -0.2) is 0 Å². The van der Waals surface area contributed by atoms with Gasteiger partial charge in [-0.3, -0.25) is 13.8 Å². The van der Waals surface area contributed by atoms with Crippen molar-refractivity contribution >= 4 is 44.6 Å². The standard InChI is InChI=1S/C22H24N2O4S/c25-21(23-10-4-12-24-11-3-7-22(24)26)15-29(27)14-16-8-9-20-18(13-16)17-5-1-2-6-19(17)28-20/h1-2,5-6,8-9,13H,3-4,7,10-12,14-15H2,(H,23,25). The number of para-hydroxylation sites is 1. The largest absolute Gasteiger partial charge is 0.456 e. The monoisotopic (exact) mass is 412 g/mol. The van der Waals surface area contributed by atoms with E-state index in [9.17, 15) is 13.8 Å². The molecule has 1 atom stereocenters. The third-order valence-corrected chi connectivity index (χ3v) is 6.40. The molecule has 0 aliphatic carbocycles. The van der Waals surface area contributed by atoms with Gasteiger partial charge in [0.2, 0.25) is 11.8 Å². The molecule has 1 aliphatic rings. The van der Waals surface area contributed by atoms with Crippen LogP contribution in [0, 0.1) is 0 Å². The lowest BCUT2D eigenvalue weighted by Gasteiger charge is -2.15. The number of carbonyl (C=O) groups is 2. The second-order valence-corrected chi connectivity index (χ2v) is 8.80. The number of likely N-dealkylation sites (tertiary alicyclic amines) is 1. The highest BCUT2D eigenvalue weighted by Gasteiger charge is 2.19.